The number of anilines is 1. The van der Waals surface area contributed by atoms with Crippen LogP contribution in [0.2, 0.25) is 0 Å². The van der Waals surface area contributed by atoms with Crippen molar-refractivity contribution >= 4 is 29.5 Å². The van der Waals surface area contributed by atoms with Crippen LogP contribution in [0.1, 0.15) is 16.8 Å². The monoisotopic (exact) mass is 419 g/mol. The van der Waals surface area contributed by atoms with E-state index in [1.807, 2.05) is 79.1 Å². The molecule has 152 valence electrons. The second kappa shape index (κ2) is 9.81. The first-order chi connectivity index (χ1) is 14.5. The fraction of sp³-hybridized carbons (Fsp3) is 0.174. The van der Waals surface area contributed by atoms with Crippen molar-refractivity contribution in [2.75, 3.05) is 17.7 Å². The van der Waals surface area contributed by atoms with Gasteiger partial charge in [0.1, 0.15) is 11.9 Å². The van der Waals surface area contributed by atoms with Gasteiger partial charge in [0.2, 0.25) is 0 Å². The summed E-state index contributed by atoms with van der Waals surface area (Å²) in [5.74, 6) is -0.498. The summed E-state index contributed by atoms with van der Waals surface area (Å²) >= 11 is 1.34. The number of benzene rings is 2. The largest absolute Gasteiger partial charge is 0.455 e. The SMILES string of the molecule is Cc1c(C#N)c(NC(=O)COC(=O)CSc2ccccc2)n(-c2ccccc2)c1C. The topological polar surface area (TPSA) is 84.1 Å². The number of nitriles is 1. The van der Waals surface area contributed by atoms with E-state index in [9.17, 15) is 14.9 Å². The molecule has 30 heavy (non-hydrogen) atoms. The lowest BCUT2D eigenvalue weighted by Crippen LogP contribution is -2.23. The van der Waals surface area contributed by atoms with E-state index >= 15 is 0 Å². The third-order valence-electron chi connectivity index (χ3n) is 4.56. The van der Waals surface area contributed by atoms with Gasteiger partial charge in [-0.1, -0.05) is 36.4 Å². The zero-order valence-electron chi connectivity index (χ0n) is 16.7. The minimum atomic E-state index is -0.501. The van der Waals surface area contributed by atoms with Crippen LogP contribution in [0, 0.1) is 25.2 Å². The second-order valence-corrected chi connectivity index (χ2v) is 7.58. The molecule has 0 atom stereocenters. The smallest absolute Gasteiger partial charge is 0.316 e. The standard InChI is InChI=1S/C23H21N3O3S/c1-16-17(2)26(18-9-5-3-6-10-18)23(20(16)13-24)25-21(27)14-29-22(28)15-30-19-11-7-4-8-12-19/h3-12H,14-15H2,1-2H3,(H,25,27). The molecule has 7 heteroatoms. The number of aromatic nitrogens is 1. The highest BCUT2D eigenvalue weighted by Gasteiger charge is 2.21. The molecule has 2 aromatic carbocycles. The Balaban J connectivity index is 1.67. The van der Waals surface area contributed by atoms with Crippen molar-refractivity contribution in [3.05, 3.63) is 77.5 Å². The molecule has 0 aliphatic heterocycles. The van der Waals surface area contributed by atoms with Gasteiger partial charge in [-0.05, 0) is 43.7 Å². The molecule has 3 aromatic rings. The molecule has 1 amide bonds. The molecule has 1 aromatic heterocycles. The van der Waals surface area contributed by atoms with Crippen LogP contribution in [0.15, 0.2) is 65.6 Å². The number of ether oxygens (including phenoxy) is 1. The van der Waals surface area contributed by atoms with Gasteiger partial charge in [0.15, 0.2) is 6.61 Å². The van der Waals surface area contributed by atoms with Crippen LogP contribution in [0.5, 0.6) is 0 Å². The number of carbonyl (C=O) groups excluding carboxylic acids is 2. The first kappa shape index (κ1) is 21.2. The molecule has 1 N–H and O–H groups in total. The van der Waals surface area contributed by atoms with E-state index in [2.05, 4.69) is 11.4 Å². The van der Waals surface area contributed by atoms with Crippen LogP contribution >= 0.6 is 11.8 Å². The van der Waals surface area contributed by atoms with Gasteiger partial charge in [-0.15, -0.1) is 11.8 Å². The maximum atomic E-state index is 12.4. The molecular weight excluding hydrogens is 398 g/mol. The minimum Gasteiger partial charge on any atom is -0.455 e. The Morgan fingerprint density at radius 3 is 2.33 bits per heavy atom. The summed E-state index contributed by atoms with van der Waals surface area (Å²) in [6, 6.07) is 21.1. The van der Waals surface area contributed by atoms with E-state index < -0.39 is 18.5 Å². The van der Waals surface area contributed by atoms with Gasteiger partial charge in [0, 0.05) is 16.3 Å². The second-order valence-electron chi connectivity index (χ2n) is 6.53. The van der Waals surface area contributed by atoms with Gasteiger partial charge in [0.05, 0.1) is 11.3 Å². The van der Waals surface area contributed by atoms with E-state index in [0.717, 1.165) is 21.8 Å². The van der Waals surface area contributed by atoms with Crippen LogP contribution in [-0.4, -0.2) is 28.8 Å². The number of rotatable bonds is 7. The maximum absolute atomic E-state index is 12.4. The Bertz CT molecular complexity index is 1090. The number of thioether (sulfide) groups is 1. The summed E-state index contributed by atoms with van der Waals surface area (Å²) in [5, 5.41) is 12.3. The lowest BCUT2D eigenvalue weighted by atomic mass is 10.2. The van der Waals surface area contributed by atoms with Gasteiger partial charge in [0.25, 0.3) is 5.91 Å². The number of amides is 1. The van der Waals surface area contributed by atoms with Crippen molar-refractivity contribution in [3.63, 3.8) is 0 Å². The van der Waals surface area contributed by atoms with E-state index in [1.54, 1.807) is 0 Å². The van der Waals surface area contributed by atoms with Crippen molar-refractivity contribution in [2.24, 2.45) is 0 Å². The van der Waals surface area contributed by atoms with E-state index in [1.165, 1.54) is 11.8 Å². The molecule has 0 fully saturated rings. The average molecular weight is 420 g/mol. The molecule has 0 unspecified atom stereocenters. The number of hydrogen-bond donors (Lipinski definition) is 1. The molecule has 6 nitrogen and oxygen atoms in total. The molecule has 3 rings (SSSR count). The number of hydrogen-bond acceptors (Lipinski definition) is 5. The molecule has 0 aliphatic rings. The summed E-state index contributed by atoms with van der Waals surface area (Å²) < 4.78 is 6.91. The Labute approximate surface area is 179 Å². The van der Waals surface area contributed by atoms with Crippen molar-refractivity contribution in [1.29, 1.82) is 5.26 Å². The third kappa shape index (κ3) is 4.91. The number of para-hydroxylation sites is 1. The summed E-state index contributed by atoms with van der Waals surface area (Å²) in [6.07, 6.45) is 0. The van der Waals surface area contributed by atoms with Crippen LogP contribution in [-0.2, 0) is 14.3 Å². The Kier molecular flexibility index (Phi) is 6.94. The van der Waals surface area contributed by atoms with Crippen LogP contribution in [0.4, 0.5) is 5.82 Å². The average Bonchev–Trinajstić information content (AvgIpc) is 3.01. The molecule has 1 heterocycles. The van der Waals surface area contributed by atoms with E-state index in [4.69, 9.17) is 4.74 Å². The molecule has 0 aliphatic carbocycles. The van der Waals surface area contributed by atoms with Crippen molar-refractivity contribution in [3.8, 4) is 11.8 Å². The number of nitrogens with zero attached hydrogens (tertiary/aromatic N) is 2. The van der Waals surface area contributed by atoms with Crippen LogP contribution in [0.25, 0.3) is 5.69 Å². The molecule has 0 saturated heterocycles. The lowest BCUT2D eigenvalue weighted by Gasteiger charge is -2.13. The maximum Gasteiger partial charge on any atom is 0.316 e. The van der Waals surface area contributed by atoms with E-state index in [0.29, 0.717) is 11.4 Å². The molecular formula is C23H21N3O3S. The fourth-order valence-electron chi connectivity index (χ4n) is 2.98. The number of nitrogens with one attached hydrogen (secondary N) is 1. The fourth-order valence-corrected chi connectivity index (χ4v) is 3.69. The highest BCUT2D eigenvalue weighted by atomic mass is 32.2. The Hall–Kier alpha value is -3.50. The minimum absolute atomic E-state index is 0.110. The van der Waals surface area contributed by atoms with Gasteiger partial charge < -0.3 is 10.1 Å². The van der Waals surface area contributed by atoms with Crippen LogP contribution in [0.3, 0.4) is 0 Å². The van der Waals surface area contributed by atoms with Gasteiger partial charge in [-0.25, -0.2) is 0 Å². The van der Waals surface area contributed by atoms with E-state index in [-0.39, 0.29) is 5.75 Å². The third-order valence-corrected chi connectivity index (χ3v) is 5.55. The molecule has 0 saturated carbocycles. The van der Waals surface area contributed by atoms with Crippen LogP contribution < -0.4 is 5.32 Å². The Morgan fingerprint density at radius 1 is 1.07 bits per heavy atom. The van der Waals surface area contributed by atoms with Gasteiger partial charge >= 0.3 is 5.97 Å². The number of carbonyl (C=O) groups is 2. The van der Waals surface area contributed by atoms with Crippen molar-refractivity contribution < 1.29 is 14.3 Å². The zero-order valence-corrected chi connectivity index (χ0v) is 17.5. The van der Waals surface area contributed by atoms with Crippen molar-refractivity contribution in [1.82, 2.24) is 4.57 Å². The summed E-state index contributed by atoms with van der Waals surface area (Å²) in [7, 11) is 0. The van der Waals surface area contributed by atoms with Crippen molar-refractivity contribution in [2.45, 2.75) is 18.7 Å². The molecule has 0 bridgehead atoms. The normalized spacial score (nSPS) is 10.3. The Morgan fingerprint density at radius 2 is 1.70 bits per heavy atom. The van der Waals surface area contributed by atoms with Gasteiger partial charge in [-0.3, -0.25) is 14.2 Å². The predicted molar refractivity (Wildman–Crippen MR) is 117 cm³/mol. The zero-order chi connectivity index (χ0) is 21.5. The number of esters is 1. The quantitative estimate of drug-likeness (QED) is 0.457. The molecule has 0 radical (unpaired) electrons. The van der Waals surface area contributed by atoms with Gasteiger partial charge in [-0.2, -0.15) is 5.26 Å². The highest BCUT2D eigenvalue weighted by Crippen LogP contribution is 2.29. The summed E-state index contributed by atoms with van der Waals surface area (Å²) in [4.78, 5) is 25.4. The lowest BCUT2D eigenvalue weighted by molar-refractivity contribution is -0.144. The predicted octanol–water partition coefficient (Wildman–Crippen LogP) is 4.24. The summed E-state index contributed by atoms with van der Waals surface area (Å²) in [6.45, 7) is 3.31. The first-order valence-corrected chi connectivity index (χ1v) is 10.3. The highest BCUT2D eigenvalue weighted by molar-refractivity contribution is 8.00. The molecule has 0 spiro atoms. The summed E-state index contributed by atoms with van der Waals surface area (Å²) in [5.41, 5.74) is 2.85. The first-order valence-electron chi connectivity index (χ1n) is 9.32.